The van der Waals surface area contributed by atoms with Gasteiger partial charge in [-0.15, -0.1) is 0 Å². The first-order valence-corrected chi connectivity index (χ1v) is 7.86. The van der Waals surface area contributed by atoms with Crippen molar-refractivity contribution in [1.82, 2.24) is 5.32 Å². The Morgan fingerprint density at radius 3 is 2.45 bits per heavy atom. The Labute approximate surface area is 133 Å². The van der Waals surface area contributed by atoms with Gasteiger partial charge in [-0.1, -0.05) is 37.1 Å². The zero-order chi connectivity index (χ0) is 16.8. The molecule has 122 valence electrons. The first-order chi connectivity index (χ1) is 10.3. The topological polar surface area (TPSA) is 55.4 Å². The number of hydrogen-bond acceptors (Lipinski definition) is 3. The average molecular weight is 305 g/mol. The minimum atomic E-state index is -0.958. The number of nitrogens with one attached hydrogen (secondary N) is 1. The summed E-state index contributed by atoms with van der Waals surface area (Å²) in [6.07, 6.45) is 1.62. The minimum absolute atomic E-state index is 0.157. The molecule has 0 spiro atoms. The summed E-state index contributed by atoms with van der Waals surface area (Å²) < 4.78 is 5.10. The molecule has 0 aromatic heterocycles. The van der Waals surface area contributed by atoms with Crippen molar-refractivity contribution in [1.29, 1.82) is 0 Å². The summed E-state index contributed by atoms with van der Waals surface area (Å²) in [5, 5.41) is 2.86. The number of carbonyl (C=O) groups is 2. The van der Waals surface area contributed by atoms with Crippen LogP contribution in [0.15, 0.2) is 18.2 Å². The van der Waals surface area contributed by atoms with Gasteiger partial charge in [0.2, 0.25) is 5.91 Å². The van der Waals surface area contributed by atoms with Crippen molar-refractivity contribution in [2.24, 2.45) is 0 Å². The van der Waals surface area contributed by atoms with Crippen LogP contribution in [-0.4, -0.2) is 24.0 Å². The number of esters is 1. The van der Waals surface area contributed by atoms with Gasteiger partial charge in [0, 0.05) is 0 Å². The maximum Gasteiger partial charge on any atom is 0.331 e. The zero-order valence-corrected chi connectivity index (χ0v) is 14.3. The summed E-state index contributed by atoms with van der Waals surface area (Å²) in [6, 6.07) is 6.01. The van der Waals surface area contributed by atoms with Crippen LogP contribution in [0.4, 0.5) is 0 Å². The largest absolute Gasteiger partial charge is 0.464 e. The lowest BCUT2D eigenvalue weighted by atomic mass is 9.95. The predicted octanol–water partition coefficient (Wildman–Crippen LogP) is 3.08. The van der Waals surface area contributed by atoms with E-state index >= 15 is 0 Å². The quantitative estimate of drug-likeness (QED) is 0.788. The normalized spacial score (nSPS) is 13.3. The average Bonchev–Trinajstić information content (AvgIpc) is 2.42. The van der Waals surface area contributed by atoms with Gasteiger partial charge in [0.15, 0.2) is 0 Å². The van der Waals surface area contributed by atoms with Crippen LogP contribution >= 0.6 is 0 Å². The van der Waals surface area contributed by atoms with Crippen LogP contribution in [0.2, 0.25) is 0 Å². The van der Waals surface area contributed by atoms with Crippen LogP contribution in [0.25, 0.3) is 0 Å². The summed E-state index contributed by atoms with van der Waals surface area (Å²) in [7, 11) is 0. The Morgan fingerprint density at radius 2 is 1.91 bits per heavy atom. The highest BCUT2D eigenvalue weighted by atomic mass is 16.5. The van der Waals surface area contributed by atoms with Crippen LogP contribution in [0, 0.1) is 13.8 Å². The fraction of sp³-hybridized carbons (Fsp3) is 0.556. The molecule has 1 aromatic rings. The summed E-state index contributed by atoms with van der Waals surface area (Å²) in [6.45, 7) is 9.80. The van der Waals surface area contributed by atoms with E-state index in [9.17, 15) is 9.59 Å². The molecule has 0 radical (unpaired) electrons. The fourth-order valence-corrected chi connectivity index (χ4v) is 2.58. The van der Waals surface area contributed by atoms with Gasteiger partial charge in [-0.2, -0.15) is 0 Å². The summed E-state index contributed by atoms with van der Waals surface area (Å²) in [5.41, 5.74) is 2.28. The van der Waals surface area contributed by atoms with Crippen LogP contribution in [0.5, 0.6) is 0 Å². The molecular formula is C18H27NO3. The summed E-state index contributed by atoms with van der Waals surface area (Å²) in [4.78, 5) is 24.4. The number of carbonyl (C=O) groups excluding carboxylic acids is 2. The van der Waals surface area contributed by atoms with E-state index in [0.29, 0.717) is 13.0 Å². The highest BCUT2D eigenvalue weighted by molar-refractivity contribution is 5.88. The number of benzene rings is 1. The predicted molar refractivity (Wildman–Crippen MR) is 87.7 cm³/mol. The second-order valence-electron chi connectivity index (χ2n) is 5.96. The lowest BCUT2D eigenvalue weighted by Crippen LogP contribution is -2.53. The molecule has 1 amide bonds. The molecule has 0 saturated heterocycles. The van der Waals surface area contributed by atoms with E-state index in [1.165, 1.54) is 5.56 Å². The smallest absolute Gasteiger partial charge is 0.331 e. The number of ether oxygens (including phenoxy) is 1. The molecule has 1 unspecified atom stereocenters. The Balaban J connectivity index is 2.81. The highest BCUT2D eigenvalue weighted by Crippen LogP contribution is 2.16. The molecular weight excluding hydrogens is 278 g/mol. The molecule has 0 bridgehead atoms. The second kappa shape index (κ2) is 7.97. The molecule has 0 fully saturated rings. The molecule has 4 nitrogen and oxygen atoms in total. The van der Waals surface area contributed by atoms with Crippen LogP contribution in [0.3, 0.4) is 0 Å². The molecule has 0 saturated carbocycles. The van der Waals surface area contributed by atoms with E-state index < -0.39 is 5.54 Å². The monoisotopic (exact) mass is 305 g/mol. The maximum absolute atomic E-state index is 12.3. The molecule has 4 heteroatoms. The van der Waals surface area contributed by atoms with E-state index in [2.05, 4.69) is 11.4 Å². The van der Waals surface area contributed by atoms with Gasteiger partial charge in [-0.3, -0.25) is 4.79 Å². The second-order valence-corrected chi connectivity index (χ2v) is 5.96. The number of aryl methyl sites for hydroxylation is 2. The Hall–Kier alpha value is -1.84. The van der Waals surface area contributed by atoms with Crippen LogP contribution < -0.4 is 5.32 Å². The van der Waals surface area contributed by atoms with E-state index in [-0.39, 0.29) is 18.3 Å². The standard InChI is InChI=1S/C18H27NO3/c1-6-10-18(5,17(21)22-7-2)19-16(20)12-15-9-8-13(3)11-14(15)4/h8-9,11H,6-7,10,12H2,1-5H3,(H,19,20). The van der Waals surface area contributed by atoms with Crippen molar-refractivity contribution in [3.63, 3.8) is 0 Å². The highest BCUT2D eigenvalue weighted by Gasteiger charge is 2.35. The first kappa shape index (κ1) is 18.2. The molecule has 0 heterocycles. The molecule has 1 atom stereocenters. The molecule has 0 aliphatic rings. The van der Waals surface area contributed by atoms with Gasteiger partial charge >= 0.3 is 5.97 Å². The van der Waals surface area contributed by atoms with Crippen molar-refractivity contribution in [3.05, 3.63) is 34.9 Å². The maximum atomic E-state index is 12.3. The Bertz CT molecular complexity index is 539. The van der Waals surface area contributed by atoms with Crippen molar-refractivity contribution in [2.45, 2.75) is 59.4 Å². The molecule has 22 heavy (non-hydrogen) atoms. The number of amides is 1. The lowest BCUT2D eigenvalue weighted by Gasteiger charge is -2.28. The van der Waals surface area contributed by atoms with Crippen LogP contribution in [-0.2, 0) is 20.7 Å². The molecule has 0 aliphatic carbocycles. The van der Waals surface area contributed by atoms with Gasteiger partial charge in [-0.05, 0) is 45.2 Å². The molecule has 0 aliphatic heterocycles. The van der Waals surface area contributed by atoms with Crippen LogP contribution in [0.1, 0.15) is 50.3 Å². The lowest BCUT2D eigenvalue weighted by molar-refractivity contribution is -0.152. The third kappa shape index (κ3) is 4.86. The van der Waals surface area contributed by atoms with Crippen molar-refractivity contribution < 1.29 is 14.3 Å². The van der Waals surface area contributed by atoms with Gasteiger partial charge in [0.05, 0.1) is 13.0 Å². The SMILES string of the molecule is CCCC(C)(NC(=O)Cc1ccc(C)cc1C)C(=O)OCC. The van der Waals surface area contributed by atoms with E-state index in [0.717, 1.165) is 17.5 Å². The molecule has 1 aromatic carbocycles. The molecule has 1 rings (SSSR count). The Morgan fingerprint density at radius 1 is 1.23 bits per heavy atom. The number of hydrogen-bond donors (Lipinski definition) is 1. The van der Waals surface area contributed by atoms with Gasteiger partial charge in [-0.25, -0.2) is 4.79 Å². The third-order valence-corrected chi connectivity index (χ3v) is 3.74. The van der Waals surface area contributed by atoms with Gasteiger partial charge in [0.1, 0.15) is 5.54 Å². The first-order valence-electron chi connectivity index (χ1n) is 7.86. The van der Waals surface area contributed by atoms with Crippen molar-refractivity contribution in [3.8, 4) is 0 Å². The van der Waals surface area contributed by atoms with Crippen molar-refractivity contribution in [2.75, 3.05) is 6.61 Å². The molecule has 1 N–H and O–H groups in total. The van der Waals surface area contributed by atoms with E-state index in [1.54, 1.807) is 13.8 Å². The zero-order valence-electron chi connectivity index (χ0n) is 14.3. The summed E-state index contributed by atoms with van der Waals surface area (Å²) in [5.74, 6) is -0.526. The van der Waals surface area contributed by atoms with Gasteiger partial charge < -0.3 is 10.1 Å². The summed E-state index contributed by atoms with van der Waals surface area (Å²) >= 11 is 0. The third-order valence-electron chi connectivity index (χ3n) is 3.74. The van der Waals surface area contributed by atoms with E-state index in [4.69, 9.17) is 4.74 Å². The van der Waals surface area contributed by atoms with E-state index in [1.807, 2.05) is 32.9 Å². The number of rotatable bonds is 7. The Kier molecular flexibility index (Phi) is 6.60. The fourth-order valence-electron chi connectivity index (χ4n) is 2.58. The van der Waals surface area contributed by atoms with Crippen molar-refractivity contribution >= 4 is 11.9 Å². The van der Waals surface area contributed by atoms with Gasteiger partial charge in [0.25, 0.3) is 0 Å². The minimum Gasteiger partial charge on any atom is -0.464 e.